The highest BCUT2D eigenvalue weighted by molar-refractivity contribution is 7.09. The van der Waals surface area contributed by atoms with Crippen LogP contribution in [0.1, 0.15) is 37.1 Å². The molecule has 0 aromatic carbocycles. The molecule has 1 N–H and O–H groups in total. The lowest BCUT2D eigenvalue weighted by Crippen LogP contribution is -2.25. The van der Waals surface area contributed by atoms with Crippen LogP contribution in [0.25, 0.3) is 0 Å². The van der Waals surface area contributed by atoms with Crippen molar-refractivity contribution in [3.63, 3.8) is 0 Å². The van der Waals surface area contributed by atoms with Gasteiger partial charge in [-0.3, -0.25) is 4.98 Å². The van der Waals surface area contributed by atoms with Gasteiger partial charge in [-0.05, 0) is 38.6 Å². The number of allylic oxidation sites excluding steroid dienone is 2. The fourth-order valence-corrected chi connectivity index (χ4v) is 2.58. The van der Waals surface area contributed by atoms with Gasteiger partial charge in [0.25, 0.3) is 0 Å². The molecule has 1 aromatic rings. The van der Waals surface area contributed by atoms with Crippen LogP contribution in [0.2, 0.25) is 0 Å². The second-order valence-electron chi connectivity index (χ2n) is 4.18. The van der Waals surface area contributed by atoms with Crippen LogP contribution in [-0.2, 0) is 0 Å². The van der Waals surface area contributed by atoms with Crippen molar-refractivity contribution in [2.24, 2.45) is 5.92 Å². The number of thiazole rings is 1. The molecule has 0 saturated heterocycles. The molecular formula is C12H18N2S. The van der Waals surface area contributed by atoms with E-state index in [1.54, 1.807) is 11.3 Å². The third-order valence-electron chi connectivity index (χ3n) is 2.97. The zero-order valence-corrected chi connectivity index (χ0v) is 9.96. The van der Waals surface area contributed by atoms with Crippen molar-refractivity contribution in [1.82, 2.24) is 10.3 Å². The summed E-state index contributed by atoms with van der Waals surface area (Å²) in [7, 11) is 0. The fourth-order valence-electron chi connectivity index (χ4n) is 1.93. The monoisotopic (exact) mass is 222 g/mol. The molecule has 82 valence electrons. The van der Waals surface area contributed by atoms with Crippen LogP contribution in [0, 0.1) is 5.92 Å². The fraction of sp³-hybridized carbons (Fsp3) is 0.583. The number of hydrogen-bond donors (Lipinski definition) is 1. The van der Waals surface area contributed by atoms with Crippen molar-refractivity contribution in [3.05, 3.63) is 28.7 Å². The average Bonchev–Trinajstić information content (AvgIpc) is 2.81. The Hall–Kier alpha value is -0.670. The second kappa shape index (κ2) is 5.42. The van der Waals surface area contributed by atoms with Gasteiger partial charge in [-0.2, -0.15) is 0 Å². The van der Waals surface area contributed by atoms with Gasteiger partial charge in [0.05, 0.1) is 5.51 Å². The standard InChI is InChI=1S/C12H18N2S/c1-10(12-8-13-9-15-12)14-7-11-5-3-2-4-6-11/h2-3,8-11,14H,4-7H2,1H3. The van der Waals surface area contributed by atoms with E-state index in [-0.39, 0.29) is 0 Å². The largest absolute Gasteiger partial charge is 0.309 e. The summed E-state index contributed by atoms with van der Waals surface area (Å²) in [6, 6.07) is 0.448. The minimum Gasteiger partial charge on any atom is -0.309 e. The maximum Gasteiger partial charge on any atom is 0.0794 e. The van der Waals surface area contributed by atoms with Gasteiger partial charge >= 0.3 is 0 Å². The predicted octanol–water partition coefficient (Wildman–Crippen LogP) is 3.15. The molecule has 0 aliphatic heterocycles. The molecule has 2 nitrogen and oxygen atoms in total. The summed E-state index contributed by atoms with van der Waals surface area (Å²) in [5, 5.41) is 3.59. The Balaban J connectivity index is 1.75. The van der Waals surface area contributed by atoms with Gasteiger partial charge in [0.15, 0.2) is 0 Å². The maximum absolute atomic E-state index is 4.11. The number of hydrogen-bond acceptors (Lipinski definition) is 3. The Labute approximate surface area is 95.4 Å². The minimum absolute atomic E-state index is 0.448. The molecule has 3 heteroatoms. The molecule has 1 aromatic heterocycles. The highest BCUT2D eigenvalue weighted by atomic mass is 32.1. The lowest BCUT2D eigenvalue weighted by Gasteiger charge is -2.20. The highest BCUT2D eigenvalue weighted by Gasteiger charge is 2.12. The van der Waals surface area contributed by atoms with E-state index >= 15 is 0 Å². The molecule has 2 unspecified atom stereocenters. The third-order valence-corrected chi connectivity index (χ3v) is 3.93. The average molecular weight is 222 g/mol. The van der Waals surface area contributed by atoms with Crippen LogP contribution in [-0.4, -0.2) is 11.5 Å². The summed E-state index contributed by atoms with van der Waals surface area (Å²) >= 11 is 1.73. The quantitative estimate of drug-likeness (QED) is 0.792. The minimum atomic E-state index is 0.448. The van der Waals surface area contributed by atoms with E-state index in [0.29, 0.717) is 6.04 Å². The first kappa shape index (κ1) is 10.8. The van der Waals surface area contributed by atoms with Gasteiger partial charge in [0.2, 0.25) is 0 Å². The zero-order chi connectivity index (χ0) is 10.5. The SMILES string of the molecule is CC(NCC1CC=CCC1)c1cncs1. The van der Waals surface area contributed by atoms with Crippen molar-refractivity contribution in [3.8, 4) is 0 Å². The first-order chi connectivity index (χ1) is 7.36. The Kier molecular flexibility index (Phi) is 3.92. The van der Waals surface area contributed by atoms with Crippen LogP contribution in [0.15, 0.2) is 23.9 Å². The Bertz CT molecular complexity index is 305. The van der Waals surface area contributed by atoms with Crippen LogP contribution < -0.4 is 5.32 Å². The summed E-state index contributed by atoms with van der Waals surface area (Å²) < 4.78 is 0. The molecule has 1 aliphatic rings. The van der Waals surface area contributed by atoms with Gasteiger partial charge in [0.1, 0.15) is 0 Å². The van der Waals surface area contributed by atoms with E-state index < -0.39 is 0 Å². The summed E-state index contributed by atoms with van der Waals surface area (Å²) in [6.07, 6.45) is 10.4. The molecule has 2 atom stereocenters. The van der Waals surface area contributed by atoms with E-state index in [2.05, 4.69) is 29.4 Å². The first-order valence-corrected chi connectivity index (χ1v) is 6.51. The highest BCUT2D eigenvalue weighted by Crippen LogP contribution is 2.20. The van der Waals surface area contributed by atoms with Gasteiger partial charge in [-0.15, -0.1) is 11.3 Å². The van der Waals surface area contributed by atoms with E-state index in [9.17, 15) is 0 Å². The van der Waals surface area contributed by atoms with Crippen LogP contribution in [0.4, 0.5) is 0 Å². The second-order valence-corrected chi connectivity index (χ2v) is 5.10. The molecule has 0 saturated carbocycles. The van der Waals surface area contributed by atoms with Crippen LogP contribution >= 0.6 is 11.3 Å². The molecule has 2 rings (SSSR count). The summed E-state index contributed by atoms with van der Waals surface area (Å²) in [5.41, 5.74) is 1.90. The molecule has 1 heterocycles. The van der Waals surface area contributed by atoms with Crippen LogP contribution in [0.3, 0.4) is 0 Å². The number of nitrogens with one attached hydrogen (secondary N) is 1. The summed E-state index contributed by atoms with van der Waals surface area (Å²) in [4.78, 5) is 5.44. The van der Waals surface area contributed by atoms with E-state index in [1.807, 2.05) is 11.7 Å². The topological polar surface area (TPSA) is 24.9 Å². The molecule has 0 radical (unpaired) electrons. The van der Waals surface area contributed by atoms with Crippen molar-refractivity contribution in [1.29, 1.82) is 0 Å². The molecule has 0 fully saturated rings. The van der Waals surface area contributed by atoms with Gasteiger partial charge in [-0.25, -0.2) is 0 Å². The molecule has 0 bridgehead atoms. The number of aromatic nitrogens is 1. The third kappa shape index (κ3) is 3.14. The molecular weight excluding hydrogens is 204 g/mol. The number of nitrogens with zero attached hydrogens (tertiary/aromatic N) is 1. The number of rotatable bonds is 4. The lowest BCUT2D eigenvalue weighted by molar-refractivity contribution is 0.417. The van der Waals surface area contributed by atoms with Crippen molar-refractivity contribution in [2.45, 2.75) is 32.2 Å². The Morgan fingerprint density at radius 1 is 1.60 bits per heavy atom. The first-order valence-electron chi connectivity index (χ1n) is 5.63. The predicted molar refractivity (Wildman–Crippen MR) is 65.0 cm³/mol. The van der Waals surface area contributed by atoms with Crippen LogP contribution in [0.5, 0.6) is 0 Å². The van der Waals surface area contributed by atoms with Gasteiger partial charge in [0, 0.05) is 17.1 Å². The van der Waals surface area contributed by atoms with Crippen molar-refractivity contribution < 1.29 is 0 Å². The van der Waals surface area contributed by atoms with Crippen molar-refractivity contribution in [2.75, 3.05) is 6.54 Å². The van der Waals surface area contributed by atoms with E-state index in [0.717, 1.165) is 12.5 Å². The molecule has 1 aliphatic carbocycles. The van der Waals surface area contributed by atoms with Crippen molar-refractivity contribution >= 4 is 11.3 Å². The zero-order valence-electron chi connectivity index (χ0n) is 9.15. The Morgan fingerprint density at radius 3 is 3.20 bits per heavy atom. The van der Waals surface area contributed by atoms with Gasteiger partial charge in [-0.1, -0.05) is 12.2 Å². The summed E-state index contributed by atoms with van der Waals surface area (Å²) in [6.45, 7) is 3.34. The van der Waals surface area contributed by atoms with Gasteiger partial charge < -0.3 is 5.32 Å². The molecule has 0 amide bonds. The normalized spacial score (nSPS) is 22.9. The smallest absolute Gasteiger partial charge is 0.0794 e. The maximum atomic E-state index is 4.11. The molecule has 0 spiro atoms. The van der Waals surface area contributed by atoms with E-state index in [1.165, 1.54) is 24.1 Å². The summed E-state index contributed by atoms with van der Waals surface area (Å²) in [5.74, 6) is 0.824. The van der Waals surface area contributed by atoms with E-state index in [4.69, 9.17) is 0 Å². The molecule has 15 heavy (non-hydrogen) atoms. The Morgan fingerprint density at radius 2 is 2.53 bits per heavy atom. The lowest BCUT2D eigenvalue weighted by atomic mass is 9.94.